The second-order valence-electron chi connectivity index (χ2n) is 3.70. The van der Waals surface area contributed by atoms with Crippen molar-refractivity contribution in [3.63, 3.8) is 0 Å². The quantitative estimate of drug-likeness (QED) is 0.829. The molecule has 0 atom stereocenters. The van der Waals surface area contributed by atoms with Gasteiger partial charge in [0.05, 0.1) is 0 Å². The van der Waals surface area contributed by atoms with E-state index in [0.717, 1.165) is 11.1 Å². The van der Waals surface area contributed by atoms with Crippen LogP contribution in [-0.2, 0) is 6.54 Å². The Morgan fingerprint density at radius 2 is 1.75 bits per heavy atom. The molecule has 0 saturated carbocycles. The van der Waals surface area contributed by atoms with Crippen molar-refractivity contribution in [3.05, 3.63) is 59.9 Å². The molecule has 0 unspecified atom stereocenters. The summed E-state index contributed by atoms with van der Waals surface area (Å²) in [6, 6.07) is 15.2. The number of hydrogen-bond donors (Lipinski definition) is 1. The lowest BCUT2D eigenvalue weighted by molar-refractivity contribution is 0.601. The Bertz CT molecular complexity index is 465. The summed E-state index contributed by atoms with van der Waals surface area (Å²) in [5.74, 6) is -0.158. The van der Waals surface area contributed by atoms with E-state index in [9.17, 15) is 4.39 Å². The number of halogens is 1. The first kappa shape index (κ1) is 10.8. The van der Waals surface area contributed by atoms with Gasteiger partial charge >= 0.3 is 0 Å². The molecule has 0 aliphatic rings. The van der Waals surface area contributed by atoms with Gasteiger partial charge in [0.25, 0.3) is 0 Å². The van der Waals surface area contributed by atoms with E-state index in [4.69, 9.17) is 0 Å². The number of benzene rings is 2. The van der Waals surface area contributed by atoms with Crippen LogP contribution in [0.5, 0.6) is 0 Å². The fraction of sp³-hybridized carbons (Fsp3) is 0.143. The van der Waals surface area contributed by atoms with E-state index in [1.54, 1.807) is 0 Å². The molecule has 0 heterocycles. The molecule has 0 aliphatic carbocycles. The standard InChI is InChI=1S/C14H14FN/c1-16-10-13-9-12(7-8-14(13)15)11-5-3-2-4-6-11/h2-9,16H,10H2,1H3. The monoisotopic (exact) mass is 215 g/mol. The average Bonchev–Trinajstić information content (AvgIpc) is 2.33. The lowest BCUT2D eigenvalue weighted by Crippen LogP contribution is -2.06. The van der Waals surface area contributed by atoms with E-state index in [0.29, 0.717) is 12.1 Å². The summed E-state index contributed by atoms with van der Waals surface area (Å²) in [4.78, 5) is 0. The zero-order valence-electron chi connectivity index (χ0n) is 9.20. The van der Waals surface area contributed by atoms with Gasteiger partial charge in [-0.1, -0.05) is 36.4 Å². The van der Waals surface area contributed by atoms with Gasteiger partial charge in [-0.05, 0) is 30.3 Å². The third-order valence-electron chi connectivity index (χ3n) is 2.52. The normalized spacial score (nSPS) is 10.4. The maximum absolute atomic E-state index is 13.4. The van der Waals surface area contributed by atoms with Gasteiger partial charge in [-0.3, -0.25) is 0 Å². The average molecular weight is 215 g/mol. The summed E-state index contributed by atoms with van der Waals surface area (Å²) in [6.45, 7) is 0.548. The van der Waals surface area contributed by atoms with E-state index < -0.39 is 0 Å². The Kier molecular flexibility index (Phi) is 3.32. The van der Waals surface area contributed by atoms with Crippen LogP contribution in [-0.4, -0.2) is 7.05 Å². The van der Waals surface area contributed by atoms with Gasteiger partial charge in [0.2, 0.25) is 0 Å². The molecular formula is C14H14FN. The predicted octanol–water partition coefficient (Wildman–Crippen LogP) is 3.21. The van der Waals surface area contributed by atoms with Crippen LogP contribution in [0.2, 0.25) is 0 Å². The molecule has 0 bridgehead atoms. The third kappa shape index (κ3) is 2.28. The molecule has 2 aromatic carbocycles. The summed E-state index contributed by atoms with van der Waals surface area (Å²) >= 11 is 0. The summed E-state index contributed by atoms with van der Waals surface area (Å²) < 4.78 is 13.4. The molecule has 1 nitrogen and oxygen atoms in total. The van der Waals surface area contributed by atoms with E-state index in [1.807, 2.05) is 49.5 Å². The molecule has 82 valence electrons. The summed E-state index contributed by atoms with van der Waals surface area (Å²) in [5.41, 5.74) is 2.86. The molecule has 2 aromatic rings. The van der Waals surface area contributed by atoms with Gasteiger partial charge in [0.1, 0.15) is 5.82 Å². The highest BCUT2D eigenvalue weighted by Gasteiger charge is 2.03. The Labute approximate surface area is 94.9 Å². The van der Waals surface area contributed by atoms with E-state index in [1.165, 1.54) is 6.07 Å². The second-order valence-corrected chi connectivity index (χ2v) is 3.70. The van der Waals surface area contributed by atoms with Crippen LogP contribution in [0.3, 0.4) is 0 Å². The highest BCUT2D eigenvalue weighted by molar-refractivity contribution is 5.64. The number of rotatable bonds is 3. The first-order valence-corrected chi connectivity index (χ1v) is 5.29. The van der Waals surface area contributed by atoms with Crippen molar-refractivity contribution < 1.29 is 4.39 Å². The van der Waals surface area contributed by atoms with Gasteiger partial charge < -0.3 is 5.32 Å². The Morgan fingerprint density at radius 3 is 2.44 bits per heavy atom. The molecule has 0 aromatic heterocycles. The molecule has 0 saturated heterocycles. The van der Waals surface area contributed by atoms with Crippen molar-refractivity contribution >= 4 is 0 Å². The van der Waals surface area contributed by atoms with Crippen LogP contribution >= 0.6 is 0 Å². The SMILES string of the molecule is CNCc1cc(-c2ccccc2)ccc1F. The molecule has 0 aliphatic heterocycles. The number of hydrogen-bond acceptors (Lipinski definition) is 1. The molecule has 0 fully saturated rings. The summed E-state index contributed by atoms with van der Waals surface area (Å²) in [6.07, 6.45) is 0. The van der Waals surface area contributed by atoms with Crippen LogP contribution < -0.4 is 5.32 Å². The highest BCUT2D eigenvalue weighted by Crippen LogP contribution is 2.21. The second kappa shape index (κ2) is 4.90. The van der Waals surface area contributed by atoms with Crippen molar-refractivity contribution in [1.29, 1.82) is 0 Å². The minimum absolute atomic E-state index is 0.158. The third-order valence-corrected chi connectivity index (χ3v) is 2.52. The van der Waals surface area contributed by atoms with E-state index in [2.05, 4.69) is 5.32 Å². The maximum Gasteiger partial charge on any atom is 0.127 e. The Morgan fingerprint density at radius 1 is 1.00 bits per heavy atom. The molecular weight excluding hydrogens is 201 g/mol. The van der Waals surface area contributed by atoms with E-state index >= 15 is 0 Å². The van der Waals surface area contributed by atoms with Gasteiger partial charge in [0.15, 0.2) is 0 Å². The van der Waals surface area contributed by atoms with Crippen LogP contribution in [0.25, 0.3) is 11.1 Å². The van der Waals surface area contributed by atoms with Gasteiger partial charge in [-0.15, -0.1) is 0 Å². The molecule has 16 heavy (non-hydrogen) atoms. The zero-order chi connectivity index (χ0) is 11.4. The van der Waals surface area contributed by atoms with Crippen molar-refractivity contribution in [3.8, 4) is 11.1 Å². The minimum Gasteiger partial charge on any atom is -0.316 e. The zero-order valence-corrected chi connectivity index (χ0v) is 9.20. The first-order valence-electron chi connectivity index (χ1n) is 5.29. The van der Waals surface area contributed by atoms with E-state index in [-0.39, 0.29) is 5.82 Å². The first-order chi connectivity index (χ1) is 7.81. The molecule has 2 rings (SSSR count). The van der Waals surface area contributed by atoms with Crippen LogP contribution in [0.15, 0.2) is 48.5 Å². The van der Waals surface area contributed by atoms with Crippen LogP contribution in [0.1, 0.15) is 5.56 Å². The molecule has 1 N–H and O–H groups in total. The minimum atomic E-state index is -0.158. The smallest absolute Gasteiger partial charge is 0.127 e. The fourth-order valence-corrected chi connectivity index (χ4v) is 1.71. The van der Waals surface area contributed by atoms with Crippen molar-refractivity contribution in [1.82, 2.24) is 5.32 Å². The van der Waals surface area contributed by atoms with Crippen molar-refractivity contribution in [2.24, 2.45) is 0 Å². The summed E-state index contributed by atoms with van der Waals surface area (Å²) in [7, 11) is 1.81. The number of nitrogens with one attached hydrogen (secondary N) is 1. The van der Waals surface area contributed by atoms with Gasteiger partial charge in [0, 0.05) is 12.1 Å². The molecule has 2 heteroatoms. The predicted molar refractivity (Wildman–Crippen MR) is 64.6 cm³/mol. The molecule has 0 amide bonds. The lowest BCUT2D eigenvalue weighted by Gasteiger charge is -2.06. The van der Waals surface area contributed by atoms with Crippen LogP contribution in [0, 0.1) is 5.82 Å². The Balaban J connectivity index is 2.40. The van der Waals surface area contributed by atoms with Gasteiger partial charge in [-0.2, -0.15) is 0 Å². The fourth-order valence-electron chi connectivity index (χ4n) is 1.71. The molecule has 0 spiro atoms. The highest BCUT2D eigenvalue weighted by atomic mass is 19.1. The van der Waals surface area contributed by atoms with Crippen molar-refractivity contribution in [2.75, 3.05) is 7.05 Å². The van der Waals surface area contributed by atoms with Crippen molar-refractivity contribution in [2.45, 2.75) is 6.54 Å². The topological polar surface area (TPSA) is 12.0 Å². The lowest BCUT2D eigenvalue weighted by atomic mass is 10.0. The molecule has 0 radical (unpaired) electrons. The van der Waals surface area contributed by atoms with Crippen LogP contribution in [0.4, 0.5) is 4.39 Å². The Hall–Kier alpha value is -1.67. The van der Waals surface area contributed by atoms with Gasteiger partial charge in [-0.25, -0.2) is 4.39 Å². The largest absolute Gasteiger partial charge is 0.316 e. The summed E-state index contributed by atoms with van der Waals surface area (Å²) in [5, 5.41) is 2.96. The maximum atomic E-state index is 13.4.